The number of nitrogens with one attached hydrogen (secondary N) is 1. The molecule has 16 heavy (non-hydrogen) atoms. The first-order valence-corrected chi connectivity index (χ1v) is 5.68. The average Bonchev–Trinajstić information content (AvgIpc) is 2.19. The van der Waals surface area contributed by atoms with Crippen LogP contribution in [0.3, 0.4) is 0 Å². The third-order valence-corrected chi connectivity index (χ3v) is 2.24. The number of rotatable bonds is 6. The molecule has 0 fully saturated rings. The number of carbonyl (C=O) groups excluding carboxylic acids is 2. The fourth-order valence-corrected chi connectivity index (χ4v) is 1.27. The van der Waals surface area contributed by atoms with E-state index in [1.807, 2.05) is 0 Å². The monoisotopic (exact) mass is 229 g/mol. The van der Waals surface area contributed by atoms with Crippen molar-refractivity contribution in [2.75, 3.05) is 13.7 Å². The molecule has 0 aromatic heterocycles. The van der Waals surface area contributed by atoms with E-state index in [0.29, 0.717) is 11.8 Å². The Morgan fingerprint density at radius 2 is 1.81 bits per heavy atom. The molecule has 0 aromatic rings. The van der Waals surface area contributed by atoms with Gasteiger partial charge >= 0.3 is 5.97 Å². The van der Waals surface area contributed by atoms with E-state index < -0.39 is 5.97 Å². The molecule has 0 radical (unpaired) electrons. The van der Waals surface area contributed by atoms with Gasteiger partial charge < -0.3 is 10.1 Å². The second-order valence-corrected chi connectivity index (χ2v) is 5.12. The zero-order valence-electron chi connectivity index (χ0n) is 10.8. The first-order chi connectivity index (χ1) is 7.35. The summed E-state index contributed by atoms with van der Waals surface area (Å²) in [6.45, 7) is 6.52. The molecule has 0 heterocycles. The molecule has 94 valence electrons. The molecule has 0 atom stereocenters. The SMILES string of the molecule is COC(=O)CNC(=O)CCCCC(C)(C)C. The van der Waals surface area contributed by atoms with Crippen molar-refractivity contribution in [3.8, 4) is 0 Å². The average molecular weight is 229 g/mol. The highest BCUT2D eigenvalue weighted by atomic mass is 16.5. The largest absolute Gasteiger partial charge is 0.468 e. The number of hydrogen-bond acceptors (Lipinski definition) is 3. The predicted octanol–water partition coefficient (Wildman–Crippen LogP) is 1.88. The van der Waals surface area contributed by atoms with Crippen molar-refractivity contribution < 1.29 is 14.3 Å². The Balaban J connectivity index is 3.48. The molecule has 0 saturated carbocycles. The number of ether oxygens (including phenoxy) is 1. The van der Waals surface area contributed by atoms with Crippen LogP contribution in [0.15, 0.2) is 0 Å². The third kappa shape index (κ3) is 9.49. The Labute approximate surface area is 97.7 Å². The first-order valence-electron chi connectivity index (χ1n) is 5.68. The van der Waals surface area contributed by atoms with E-state index in [-0.39, 0.29) is 12.5 Å². The summed E-state index contributed by atoms with van der Waals surface area (Å²) in [5, 5.41) is 2.52. The van der Waals surface area contributed by atoms with Gasteiger partial charge in [-0.3, -0.25) is 9.59 Å². The van der Waals surface area contributed by atoms with Crippen LogP contribution in [0.4, 0.5) is 0 Å². The molecule has 0 saturated heterocycles. The van der Waals surface area contributed by atoms with Gasteiger partial charge in [0.2, 0.25) is 5.91 Å². The lowest BCUT2D eigenvalue weighted by atomic mass is 9.89. The van der Waals surface area contributed by atoms with E-state index in [2.05, 4.69) is 30.8 Å². The van der Waals surface area contributed by atoms with E-state index in [4.69, 9.17) is 0 Å². The van der Waals surface area contributed by atoms with Crippen molar-refractivity contribution >= 4 is 11.9 Å². The Morgan fingerprint density at radius 1 is 1.19 bits per heavy atom. The van der Waals surface area contributed by atoms with Crippen molar-refractivity contribution in [2.45, 2.75) is 46.5 Å². The lowest BCUT2D eigenvalue weighted by Gasteiger charge is -2.17. The van der Waals surface area contributed by atoms with Crippen LogP contribution >= 0.6 is 0 Å². The van der Waals surface area contributed by atoms with Gasteiger partial charge in [0, 0.05) is 6.42 Å². The van der Waals surface area contributed by atoms with Gasteiger partial charge in [-0.15, -0.1) is 0 Å². The number of carbonyl (C=O) groups is 2. The summed E-state index contributed by atoms with van der Waals surface area (Å²) >= 11 is 0. The summed E-state index contributed by atoms with van der Waals surface area (Å²) in [4.78, 5) is 22.0. The van der Waals surface area contributed by atoms with Crippen LogP contribution < -0.4 is 5.32 Å². The fraction of sp³-hybridized carbons (Fsp3) is 0.833. The normalized spacial score (nSPS) is 11.0. The number of methoxy groups -OCH3 is 1. The minimum Gasteiger partial charge on any atom is -0.468 e. The molecule has 4 nitrogen and oxygen atoms in total. The number of amides is 1. The molecule has 0 unspecified atom stereocenters. The maximum Gasteiger partial charge on any atom is 0.325 e. The van der Waals surface area contributed by atoms with Crippen LogP contribution in [-0.4, -0.2) is 25.5 Å². The van der Waals surface area contributed by atoms with Crippen LogP contribution in [0.5, 0.6) is 0 Å². The van der Waals surface area contributed by atoms with Crippen LogP contribution in [0.2, 0.25) is 0 Å². The van der Waals surface area contributed by atoms with Gasteiger partial charge in [0.25, 0.3) is 0 Å². The van der Waals surface area contributed by atoms with E-state index in [1.165, 1.54) is 7.11 Å². The first kappa shape index (κ1) is 14.9. The van der Waals surface area contributed by atoms with Crippen LogP contribution in [0, 0.1) is 5.41 Å². The molecule has 4 heteroatoms. The lowest BCUT2D eigenvalue weighted by Crippen LogP contribution is -2.29. The van der Waals surface area contributed by atoms with E-state index in [9.17, 15) is 9.59 Å². The summed E-state index contributed by atoms with van der Waals surface area (Å²) < 4.78 is 4.42. The number of hydrogen-bond donors (Lipinski definition) is 1. The van der Waals surface area contributed by atoms with Crippen molar-refractivity contribution in [2.24, 2.45) is 5.41 Å². The van der Waals surface area contributed by atoms with Crippen LogP contribution in [0.25, 0.3) is 0 Å². The number of esters is 1. The van der Waals surface area contributed by atoms with Crippen LogP contribution in [-0.2, 0) is 14.3 Å². The predicted molar refractivity (Wildman–Crippen MR) is 62.9 cm³/mol. The molecular formula is C12H23NO3. The minimum absolute atomic E-state index is 0.0331. The second-order valence-electron chi connectivity index (χ2n) is 5.12. The summed E-state index contributed by atoms with van der Waals surface area (Å²) in [5.41, 5.74) is 0.322. The molecule has 0 bridgehead atoms. The molecule has 1 N–H and O–H groups in total. The van der Waals surface area contributed by atoms with E-state index in [1.54, 1.807) is 0 Å². The molecule has 0 aliphatic rings. The zero-order chi connectivity index (χ0) is 12.6. The van der Waals surface area contributed by atoms with Gasteiger partial charge in [-0.25, -0.2) is 0 Å². The van der Waals surface area contributed by atoms with Gasteiger partial charge in [0.05, 0.1) is 7.11 Å². The van der Waals surface area contributed by atoms with Gasteiger partial charge in [-0.2, -0.15) is 0 Å². The quantitative estimate of drug-likeness (QED) is 0.559. The summed E-state index contributed by atoms with van der Waals surface area (Å²) in [6.07, 6.45) is 3.49. The Hall–Kier alpha value is -1.06. The Kier molecular flexibility index (Phi) is 6.77. The van der Waals surface area contributed by atoms with Crippen LogP contribution in [0.1, 0.15) is 46.5 Å². The van der Waals surface area contributed by atoms with Crippen molar-refractivity contribution in [3.63, 3.8) is 0 Å². The smallest absolute Gasteiger partial charge is 0.325 e. The van der Waals surface area contributed by atoms with Gasteiger partial charge in [0.1, 0.15) is 6.54 Å². The highest BCUT2D eigenvalue weighted by molar-refractivity contribution is 5.81. The lowest BCUT2D eigenvalue weighted by molar-refractivity contribution is -0.141. The summed E-state index contributed by atoms with van der Waals surface area (Å²) in [5.74, 6) is -0.498. The Morgan fingerprint density at radius 3 is 2.31 bits per heavy atom. The van der Waals surface area contributed by atoms with Gasteiger partial charge in [-0.1, -0.05) is 27.2 Å². The minimum atomic E-state index is -0.414. The number of unbranched alkanes of at least 4 members (excludes halogenated alkanes) is 1. The summed E-state index contributed by atoms with van der Waals surface area (Å²) in [7, 11) is 1.30. The summed E-state index contributed by atoms with van der Waals surface area (Å²) in [6, 6.07) is 0. The molecule has 0 aliphatic heterocycles. The highest BCUT2D eigenvalue weighted by Crippen LogP contribution is 2.21. The Bertz CT molecular complexity index is 231. The topological polar surface area (TPSA) is 55.4 Å². The molecule has 0 aromatic carbocycles. The second kappa shape index (κ2) is 7.25. The van der Waals surface area contributed by atoms with Crippen molar-refractivity contribution in [1.29, 1.82) is 0 Å². The van der Waals surface area contributed by atoms with Gasteiger partial charge in [-0.05, 0) is 18.3 Å². The highest BCUT2D eigenvalue weighted by Gasteiger charge is 2.10. The fourth-order valence-electron chi connectivity index (χ4n) is 1.27. The molecule has 0 spiro atoms. The molecular weight excluding hydrogens is 206 g/mol. The van der Waals surface area contributed by atoms with Crippen molar-refractivity contribution in [1.82, 2.24) is 5.32 Å². The molecule has 0 rings (SSSR count). The molecule has 1 amide bonds. The standard InChI is InChI=1S/C12H23NO3/c1-12(2,3)8-6-5-7-10(14)13-9-11(15)16-4/h5-9H2,1-4H3,(H,13,14). The molecule has 0 aliphatic carbocycles. The third-order valence-electron chi connectivity index (χ3n) is 2.24. The van der Waals surface area contributed by atoms with E-state index >= 15 is 0 Å². The van der Waals surface area contributed by atoms with Gasteiger partial charge in [0.15, 0.2) is 0 Å². The van der Waals surface area contributed by atoms with Crippen molar-refractivity contribution in [3.05, 3.63) is 0 Å². The maximum atomic E-state index is 11.3. The zero-order valence-corrected chi connectivity index (χ0v) is 10.8. The van der Waals surface area contributed by atoms with E-state index in [0.717, 1.165) is 19.3 Å². The maximum absolute atomic E-state index is 11.3.